The van der Waals surface area contributed by atoms with E-state index in [-0.39, 0.29) is 5.38 Å². The van der Waals surface area contributed by atoms with E-state index in [9.17, 15) is 8.42 Å². The molecule has 6 heteroatoms. The third kappa shape index (κ3) is 3.13. The molecule has 1 unspecified atom stereocenters. The van der Waals surface area contributed by atoms with Crippen LogP contribution in [-0.4, -0.2) is 48.6 Å². The van der Waals surface area contributed by atoms with E-state index in [0.29, 0.717) is 32.1 Å². The normalized spacial score (nSPS) is 30.6. The molecule has 2 rings (SSSR count). The van der Waals surface area contributed by atoms with Gasteiger partial charge in [0, 0.05) is 31.6 Å². The lowest BCUT2D eigenvalue weighted by Crippen LogP contribution is -2.50. The summed E-state index contributed by atoms with van der Waals surface area (Å²) in [5, 5.41) is -0.0257. The number of hydrogen-bond donors (Lipinski definition) is 0. The fraction of sp³-hybridized carbons (Fsp3) is 1.00. The minimum absolute atomic E-state index is 0.0257. The summed E-state index contributed by atoms with van der Waals surface area (Å²) in [6.45, 7) is 4.59. The SMILES string of the molecule is CC1CCN(S(=O)(=O)N2CCCC(Cl)C2)CC1. The van der Waals surface area contributed by atoms with Gasteiger partial charge in [0.15, 0.2) is 0 Å². The Morgan fingerprint density at radius 2 is 1.71 bits per heavy atom. The molecule has 17 heavy (non-hydrogen) atoms. The largest absolute Gasteiger partial charge is 0.282 e. The van der Waals surface area contributed by atoms with Crippen molar-refractivity contribution in [1.82, 2.24) is 8.61 Å². The molecule has 0 spiro atoms. The van der Waals surface area contributed by atoms with Crippen LogP contribution >= 0.6 is 11.6 Å². The molecular formula is C11H21ClN2O2S. The zero-order chi connectivity index (χ0) is 12.5. The van der Waals surface area contributed by atoms with Gasteiger partial charge in [0.05, 0.1) is 0 Å². The minimum atomic E-state index is -3.26. The van der Waals surface area contributed by atoms with Crippen LogP contribution in [0, 0.1) is 5.92 Å². The lowest BCUT2D eigenvalue weighted by molar-refractivity contribution is 0.254. The Morgan fingerprint density at radius 3 is 2.29 bits per heavy atom. The van der Waals surface area contributed by atoms with Crippen molar-refractivity contribution < 1.29 is 8.42 Å². The highest BCUT2D eigenvalue weighted by Gasteiger charge is 2.34. The predicted molar refractivity (Wildman–Crippen MR) is 69.3 cm³/mol. The van der Waals surface area contributed by atoms with Crippen molar-refractivity contribution in [3.63, 3.8) is 0 Å². The van der Waals surface area contributed by atoms with E-state index in [0.717, 1.165) is 25.7 Å². The fourth-order valence-corrected chi connectivity index (χ4v) is 4.61. The van der Waals surface area contributed by atoms with Gasteiger partial charge in [-0.3, -0.25) is 0 Å². The van der Waals surface area contributed by atoms with E-state index >= 15 is 0 Å². The third-order valence-electron chi connectivity index (χ3n) is 3.72. The smallest absolute Gasteiger partial charge is 0.195 e. The molecule has 0 bridgehead atoms. The molecule has 2 heterocycles. The van der Waals surface area contributed by atoms with Crippen LogP contribution in [0.25, 0.3) is 0 Å². The van der Waals surface area contributed by atoms with E-state index in [1.807, 2.05) is 0 Å². The van der Waals surface area contributed by atoms with Gasteiger partial charge in [-0.15, -0.1) is 11.6 Å². The Hall–Kier alpha value is 0.160. The van der Waals surface area contributed by atoms with Crippen LogP contribution in [0.2, 0.25) is 0 Å². The topological polar surface area (TPSA) is 40.6 Å². The first kappa shape index (κ1) is 13.6. The van der Waals surface area contributed by atoms with Crippen LogP contribution in [-0.2, 0) is 10.2 Å². The quantitative estimate of drug-likeness (QED) is 0.722. The van der Waals surface area contributed by atoms with Crippen molar-refractivity contribution in [1.29, 1.82) is 0 Å². The summed E-state index contributed by atoms with van der Waals surface area (Å²) in [6, 6.07) is 0. The number of alkyl halides is 1. The van der Waals surface area contributed by atoms with Crippen LogP contribution < -0.4 is 0 Å². The van der Waals surface area contributed by atoms with Crippen LogP contribution in [0.3, 0.4) is 0 Å². The van der Waals surface area contributed by atoms with E-state index in [1.165, 1.54) is 0 Å². The fourth-order valence-electron chi connectivity index (χ4n) is 2.48. The summed E-state index contributed by atoms with van der Waals surface area (Å²) in [5.41, 5.74) is 0. The maximum Gasteiger partial charge on any atom is 0.282 e. The van der Waals surface area contributed by atoms with Gasteiger partial charge in [-0.05, 0) is 31.6 Å². The first-order valence-electron chi connectivity index (χ1n) is 6.39. The Balaban J connectivity index is 2.02. The molecule has 0 amide bonds. The van der Waals surface area contributed by atoms with Crippen LogP contribution in [0.1, 0.15) is 32.6 Å². The van der Waals surface area contributed by atoms with Crippen molar-refractivity contribution in [2.45, 2.75) is 38.0 Å². The molecule has 1 atom stereocenters. The zero-order valence-electron chi connectivity index (χ0n) is 10.3. The van der Waals surface area contributed by atoms with Crippen LogP contribution in [0.15, 0.2) is 0 Å². The van der Waals surface area contributed by atoms with Gasteiger partial charge in [0.1, 0.15) is 0 Å². The van der Waals surface area contributed by atoms with E-state index in [1.54, 1.807) is 8.61 Å². The second kappa shape index (κ2) is 5.43. The number of piperidine rings is 2. The Labute approximate surface area is 109 Å². The second-order valence-electron chi connectivity index (χ2n) is 5.19. The molecule has 0 aliphatic carbocycles. The molecule has 0 N–H and O–H groups in total. The number of rotatable bonds is 2. The van der Waals surface area contributed by atoms with Crippen molar-refractivity contribution in [3.05, 3.63) is 0 Å². The van der Waals surface area contributed by atoms with Crippen molar-refractivity contribution in [2.75, 3.05) is 26.2 Å². The summed E-state index contributed by atoms with van der Waals surface area (Å²) in [6.07, 6.45) is 3.73. The molecule has 2 saturated heterocycles. The third-order valence-corrected chi connectivity index (χ3v) is 6.08. The summed E-state index contributed by atoms with van der Waals surface area (Å²) in [5.74, 6) is 0.642. The molecule has 4 nitrogen and oxygen atoms in total. The predicted octanol–water partition coefficient (Wildman–Crippen LogP) is 1.67. The molecule has 100 valence electrons. The summed E-state index contributed by atoms with van der Waals surface area (Å²) < 4.78 is 28.0. The van der Waals surface area contributed by atoms with Crippen molar-refractivity contribution in [3.8, 4) is 0 Å². The van der Waals surface area contributed by atoms with E-state index < -0.39 is 10.2 Å². The number of hydrogen-bond acceptors (Lipinski definition) is 2. The first-order valence-corrected chi connectivity index (χ1v) is 8.23. The summed E-state index contributed by atoms with van der Waals surface area (Å²) in [4.78, 5) is 0. The lowest BCUT2D eigenvalue weighted by atomic mass is 10.0. The van der Waals surface area contributed by atoms with Crippen LogP contribution in [0.4, 0.5) is 0 Å². The maximum absolute atomic E-state index is 12.4. The molecule has 0 aromatic rings. The van der Waals surface area contributed by atoms with E-state index in [2.05, 4.69) is 6.92 Å². The van der Waals surface area contributed by atoms with Gasteiger partial charge in [0.2, 0.25) is 0 Å². The van der Waals surface area contributed by atoms with Gasteiger partial charge in [0.25, 0.3) is 10.2 Å². The molecule has 0 saturated carbocycles. The van der Waals surface area contributed by atoms with Gasteiger partial charge < -0.3 is 0 Å². The number of halogens is 1. The average molecular weight is 281 g/mol. The Kier molecular flexibility index (Phi) is 4.34. The molecule has 2 fully saturated rings. The standard InChI is InChI=1S/C11H21ClN2O2S/c1-10-4-7-13(8-5-10)17(15,16)14-6-2-3-11(12)9-14/h10-11H,2-9H2,1H3. The monoisotopic (exact) mass is 280 g/mol. The minimum Gasteiger partial charge on any atom is -0.195 e. The summed E-state index contributed by atoms with van der Waals surface area (Å²) >= 11 is 6.05. The molecule has 2 aliphatic rings. The Morgan fingerprint density at radius 1 is 1.06 bits per heavy atom. The highest BCUT2D eigenvalue weighted by Crippen LogP contribution is 2.24. The maximum atomic E-state index is 12.4. The number of nitrogens with zero attached hydrogens (tertiary/aromatic N) is 2. The van der Waals surface area contributed by atoms with Gasteiger partial charge in [-0.2, -0.15) is 17.0 Å². The zero-order valence-corrected chi connectivity index (χ0v) is 11.9. The van der Waals surface area contributed by atoms with Crippen molar-refractivity contribution in [2.24, 2.45) is 5.92 Å². The van der Waals surface area contributed by atoms with Gasteiger partial charge >= 0.3 is 0 Å². The molecule has 0 radical (unpaired) electrons. The van der Waals surface area contributed by atoms with Gasteiger partial charge in [-0.25, -0.2) is 0 Å². The molecular weight excluding hydrogens is 260 g/mol. The highest BCUT2D eigenvalue weighted by molar-refractivity contribution is 7.86. The molecule has 2 aliphatic heterocycles. The van der Waals surface area contributed by atoms with E-state index in [4.69, 9.17) is 11.6 Å². The van der Waals surface area contributed by atoms with Crippen LogP contribution in [0.5, 0.6) is 0 Å². The first-order chi connectivity index (χ1) is 8.00. The average Bonchev–Trinajstić information content (AvgIpc) is 2.29. The Bertz CT molecular complexity index is 352. The summed E-state index contributed by atoms with van der Waals surface area (Å²) in [7, 11) is -3.26. The molecule has 0 aromatic heterocycles. The molecule has 0 aromatic carbocycles. The second-order valence-corrected chi connectivity index (χ2v) is 7.73. The van der Waals surface area contributed by atoms with Gasteiger partial charge in [-0.1, -0.05) is 6.92 Å². The highest BCUT2D eigenvalue weighted by atomic mass is 35.5. The van der Waals surface area contributed by atoms with Crippen molar-refractivity contribution >= 4 is 21.8 Å². The lowest BCUT2D eigenvalue weighted by Gasteiger charge is -2.36.